The predicted octanol–water partition coefficient (Wildman–Crippen LogP) is 6.78. The number of halogens is 3. The first-order chi connectivity index (χ1) is 15.4. The average Bonchev–Trinajstić information content (AvgIpc) is 2.76. The van der Waals surface area contributed by atoms with Crippen LogP contribution < -0.4 is 14.8 Å². The molecule has 32 heavy (non-hydrogen) atoms. The zero-order valence-electron chi connectivity index (χ0n) is 16.9. The molecule has 0 atom stereocenters. The molecule has 162 valence electrons. The molecule has 0 radical (unpaired) electrons. The summed E-state index contributed by atoms with van der Waals surface area (Å²) in [5.74, 6) is 0.397. The Kier molecular flexibility index (Phi) is 8.02. The Bertz CT molecular complexity index is 1180. The minimum absolute atomic E-state index is 0.102. The lowest BCUT2D eigenvalue weighted by Gasteiger charge is -2.12. The highest BCUT2D eigenvalue weighted by Gasteiger charge is 2.12. The van der Waals surface area contributed by atoms with Gasteiger partial charge in [0.25, 0.3) is 5.91 Å². The van der Waals surface area contributed by atoms with E-state index in [1.165, 1.54) is 25.3 Å². The van der Waals surface area contributed by atoms with Crippen molar-refractivity contribution in [2.75, 3.05) is 12.4 Å². The third kappa shape index (κ3) is 6.41. The summed E-state index contributed by atoms with van der Waals surface area (Å²) in [6.07, 6.45) is 1.45. The summed E-state index contributed by atoms with van der Waals surface area (Å²) in [7, 11) is 1.53. The normalized spacial score (nSPS) is 10.9. The van der Waals surface area contributed by atoms with Crippen molar-refractivity contribution in [3.63, 3.8) is 0 Å². The quantitative estimate of drug-likeness (QED) is 0.294. The van der Waals surface area contributed by atoms with E-state index in [4.69, 9.17) is 44.3 Å². The molecule has 5 nitrogen and oxygen atoms in total. The number of hydrogen-bond acceptors (Lipinski definition) is 4. The highest BCUT2D eigenvalue weighted by molar-refractivity contribution is 6.35. The van der Waals surface area contributed by atoms with Crippen molar-refractivity contribution in [1.29, 1.82) is 5.26 Å². The second-order valence-corrected chi connectivity index (χ2v) is 7.92. The lowest BCUT2D eigenvalue weighted by Crippen LogP contribution is -2.13. The zero-order valence-corrected chi connectivity index (χ0v) is 19.1. The molecule has 0 aliphatic heterocycles. The fourth-order valence-electron chi connectivity index (χ4n) is 2.78. The van der Waals surface area contributed by atoms with E-state index in [2.05, 4.69) is 5.32 Å². The van der Waals surface area contributed by atoms with Crippen LogP contribution in [0.25, 0.3) is 6.08 Å². The predicted molar refractivity (Wildman–Crippen MR) is 127 cm³/mol. The van der Waals surface area contributed by atoms with Gasteiger partial charge in [-0.2, -0.15) is 5.26 Å². The largest absolute Gasteiger partial charge is 0.493 e. The van der Waals surface area contributed by atoms with E-state index in [-0.39, 0.29) is 5.57 Å². The number of amides is 1. The molecule has 1 amide bonds. The highest BCUT2D eigenvalue weighted by Crippen LogP contribution is 2.30. The standard InChI is InChI=1S/C24H17Cl3N2O3/c1-31-22-7-4-16(9-23(22)32-14-15-2-5-18(25)6-3-15)8-17(13-28)24(30)29-21-11-19(26)10-20(27)12-21/h2-12H,14H2,1H3,(H,29,30)/b17-8+. The average molecular weight is 488 g/mol. The van der Waals surface area contributed by atoms with Crippen LogP contribution in [0.1, 0.15) is 11.1 Å². The first-order valence-electron chi connectivity index (χ1n) is 9.32. The van der Waals surface area contributed by atoms with Crippen molar-refractivity contribution in [3.05, 3.63) is 92.4 Å². The van der Waals surface area contributed by atoms with Crippen molar-refractivity contribution in [1.82, 2.24) is 0 Å². The van der Waals surface area contributed by atoms with Crippen molar-refractivity contribution in [2.45, 2.75) is 6.61 Å². The van der Waals surface area contributed by atoms with Crippen LogP contribution in [0.4, 0.5) is 5.69 Å². The van der Waals surface area contributed by atoms with Gasteiger partial charge in [-0.3, -0.25) is 4.79 Å². The molecule has 0 aliphatic rings. The first-order valence-corrected chi connectivity index (χ1v) is 10.5. The summed E-state index contributed by atoms with van der Waals surface area (Å²) in [4.78, 5) is 12.6. The molecule has 0 aromatic heterocycles. The van der Waals surface area contributed by atoms with Crippen LogP contribution in [-0.4, -0.2) is 13.0 Å². The van der Waals surface area contributed by atoms with Crippen molar-refractivity contribution in [2.24, 2.45) is 0 Å². The van der Waals surface area contributed by atoms with Gasteiger partial charge in [-0.15, -0.1) is 0 Å². The van der Waals surface area contributed by atoms with Gasteiger partial charge in [-0.1, -0.05) is 53.0 Å². The van der Waals surface area contributed by atoms with Crippen LogP contribution in [0.5, 0.6) is 11.5 Å². The van der Waals surface area contributed by atoms with Gasteiger partial charge in [0, 0.05) is 20.8 Å². The van der Waals surface area contributed by atoms with Crippen LogP contribution in [-0.2, 0) is 11.4 Å². The van der Waals surface area contributed by atoms with Gasteiger partial charge in [0.2, 0.25) is 0 Å². The maximum atomic E-state index is 12.6. The molecular weight excluding hydrogens is 471 g/mol. The summed E-state index contributed by atoms with van der Waals surface area (Å²) in [5.41, 5.74) is 1.80. The second-order valence-electron chi connectivity index (χ2n) is 6.61. The number of rotatable bonds is 7. The second kappa shape index (κ2) is 10.9. The summed E-state index contributed by atoms with van der Waals surface area (Å²) in [6, 6.07) is 18.9. The topological polar surface area (TPSA) is 71.3 Å². The molecule has 3 aromatic rings. The smallest absolute Gasteiger partial charge is 0.266 e. The van der Waals surface area contributed by atoms with Gasteiger partial charge in [0.05, 0.1) is 7.11 Å². The Balaban J connectivity index is 1.80. The summed E-state index contributed by atoms with van der Waals surface area (Å²) < 4.78 is 11.2. The van der Waals surface area contributed by atoms with Gasteiger partial charge in [-0.05, 0) is 59.7 Å². The molecule has 0 fully saturated rings. The van der Waals surface area contributed by atoms with E-state index >= 15 is 0 Å². The number of methoxy groups -OCH3 is 1. The molecule has 0 heterocycles. The number of anilines is 1. The summed E-state index contributed by atoms with van der Waals surface area (Å²) >= 11 is 17.8. The van der Waals surface area contributed by atoms with E-state index in [1.807, 2.05) is 18.2 Å². The van der Waals surface area contributed by atoms with Crippen molar-refractivity contribution in [3.8, 4) is 17.6 Å². The van der Waals surface area contributed by atoms with E-state index in [9.17, 15) is 10.1 Å². The van der Waals surface area contributed by atoms with Crippen LogP contribution in [0.3, 0.4) is 0 Å². The molecule has 0 bridgehead atoms. The number of benzene rings is 3. The third-order valence-corrected chi connectivity index (χ3v) is 4.98. The minimum Gasteiger partial charge on any atom is -0.493 e. The Hall–Kier alpha value is -3.17. The minimum atomic E-state index is -0.592. The van der Waals surface area contributed by atoms with E-state index in [0.717, 1.165) is 5.56 Å². The van der Waals surface area contributed by atoms with Crippen LogP contribution in [0.2, 0.25) is 15.1 Å². The van der Waals surface area contributed by atoms with Gasteiger partial charge >= 0.3 is 0 Å². The molecule has 0 saturated carbocycles. The van der Waals surface area contributed by atoms with Crippen LogP contribution in [0.15, 0.2) is 66.2 Å². The number of hydrogen-bond donors (Lipinski definition) is 1. The zero-order chi connectivity index (χ0) is 23.1. The first kappa shape index (κ1) is 23.5. The van der Waals surface area contributed by atoms with Crippen LogP contribution >= 0.6 is 34.8 Å². The monoisotopic (exact) mass is 486 g/mol. The number of carbonyl (C=O) groups excluding carboxylic acids is 1. The molecule has 1 N–H and O–H groups in total. The van der Waals surface area contributed by atoms with Gasteiger partial charge in [0.1, 0.15) is 18.2 Å². The summed E-state index contributed by atoms with van der Waals surface area (Å²) in [5, 5.41) is 13.5. The van der Waals surface area contributed by atoms with E-state index < -0.39 is 5.91 Å². The van der Waals surface area contributed by atoms with Gasteiger partial charge in [-0.25, -0.2) is 0 Å². The molecule has 8 heteroatoms. The van der Waals surface area contributed by atoms with E-state index in [1.54, 1.807) is 36.4 Å². The van der Waals surface area contributed by atoms with Gasteiger partial charge in [0.15, 0.2) is 11.5 Å². The highest BCUT2D eigenvalue weighted by atomic mass is 35.5. The molecule has 0 saturated heterocycles. The fraction of sp³-hybridized carbons (Fsp3) is 0.0833. The number of carbonyl (C=O) groups is 1. The maximum Gasteiger partial charge on any atom is 0.266 e. The molecule has 3 aromatic carbocycles. The maximum absolute atomic E-state index is 12.6. The van der Waals surface area contributed by atoms with E-state index in [0.29, 0.717) is 44.4 Å². The van der Waals surface area contributed by atoms with Crippen molar-refractivity contribution < 1.29 is 14.3 Å². The Morgan fingerprint density at radius 3 is 2.28 bits per heavy atom. The molecular formula is C24H17Cl3N2O3. The van der Waals surface area contributed by atoms with Crippen molar-refractivity contribution >= 4 is 52.5 Å². The molecule has 3 rings (SSSR count). The molecule has 0 aliphatic carbocycles. The number of ether oxygens (including phenoxy) is 2. The lowest BCUT2D eigenvalue weighted by molar-refractivity contribution is -0.112. The number of nitrogens with zero attached hydrogens (tertiary/aromatic N) is 1. The Labute approximate surface area is 200 Å². The van der Waals surface area contributed by atoms with Gasteiger partial charge < -0.3 is 14.8 Å². The Morgan fingerprint density at radius 2 is 1.66 bits per heavy atom. The number of nitrogens with one attached hydrogen (secondary N) is 1. The molecule has 0 spiro atoms. The number of nitriles is 1. The van der Waals surface area contributed by atoms with Crippen LogP contribution in [0, 0.1) is 11.3 Å². The third-order valence-electron chi connectivity index (χ3n) is 4.29. The SMILES string of the molecule is COc1ccc(/C=C(\C#N)C(=O)Nc2cc(Cl)cc(Cl)c2)cc1OCc1ccc(Cl)cc1. The summed E-state index contributed by atoms with van der Waals surface area (Å²) in [6.45, 7) is 0.293. The lowest BCUT2D eigenvalue weighted by atomic mass is 10.1. The molecule has 0 unspecified atom stereocenters. The fourth-order valence-corrected chi connectivity index (χ4v) is 3.43. The Morgan fingerprint density at radius 1 is 0.969 bits per heavy atom.